The summed E-state index contributed by atoms with van der Waals surface area (Å²) in [4.78, 5) is 0. The standard InChI is InChI=1S/C13H20O2/c1-10(2)12-6-5-7-13(12,14-9-8-12)15-11(3)4/h1,3,5-9H2,2,4H3/t12?,13-/m1/s1. The van der Waals surface area contributed by atoms with E-state index >= 15 is 0 Å². The van der Waals surface area contributed by atoms with Gasteiger partial charge in [-0.3, -0.25) is 0 Å². The average molecular weight is 208 g/mol. The molecule has 1 saturated carbocycles. The van der Waals surface area contributed by atoms with E-state index in [4.69, 9.17) is 9.47 Å². The Hall–Kier alpha value is -0.760. The van der Waals surface area contributed by atoms with Gasteiger partial charge in [0.2, 0.25) is 5.79 Å². The van der Waals surface area contributed by atoms with Gasteiger partial charge < -0.3 is 9.47 Å². The molecule has 2 aliphatic rings. The van der Waals surface area contributed by atoms with E-state index in [1.165, 1.54) is 5.57 Å². The van der Waals surface area contributed by atoms with Crippen LogP contribution >= 0.6 is 0 Å². The molecule has 1 saturated heterocycles. The van der Waals surface area contributed by atoms with Gasteiger partial charge in [0.15, 0.2) is 0 Å². The van der Waals surface area contributed by atoms with Gasteiger partial charge in [-0.05, 0) is 33.1 Å². The van der Waals surface area contributed by atoms with Gasteiger partial charge in [0.1, 0.15) is 0 Å². The molecule has 2 heteroatoms. The smallest absolute Gasteiger partial charge is 0.219 e. The first-order valence-electron chi connectivity index (χ1n) is 5.67. The Morgan fingerprint density at radius 2 is 1.93 bits per heavy atom. The molecule has 0 spiro atoms. The molecule has 0 aromatic heterocycles. The normalized spacial score (nSPS) is 38.8. The summed E-state index contributed by atoms with van der Waals surface area (Å²) in [5, 5.41) is 0. The molecule has 0 aromatic carbocycles. The number of fused-ring (bicyclic) bond motifs is 1. The van der Waals surface area contributed by atoms with Gasteiger partial charge in [0.25, 0.3) is 0 Å². The molecule has 0 radical (unpaired) electrons. The number of ether oxygens (including phenoxy) is 2. The van der Waals surface area contributed by atoms with Crippen LogP contribution in [0.1, 0.15) is 39.5 Å². The molecule has 0 aromatic rings. The third kappa shape index (κ3) is 1.35. The van der Waals surface area contributed by atoms with Crippen LogP contribution in [-0.4, -0.2) is 12.4 Å². The predicted octanol–water partition coefficient (Wildman–Crippen LogP) is 3.40. The molecule has 84 valence electrons. The molecule has 2 nitrogen and oxygen atoms in total. The minimum Gasteiger partial charge on any atom is -0.467 e. The molecular formula is C13H20O2. The minimum absolute atomic E-state index is 0.0337. The average Bonchev–Trinajstić information content (AvgIpc) is 2.57. The Bertz CT molecular complexity index is 294. The Morgan fingerprint density at radius 1 is 1.20 bits per heavy atom. The van der Waals surface area contributed by atoms with Crippen molar-refractivity contribution in [1.29, 1.82) is 0 Å². The summed E-state index contributed by atoms with van der Waals surface area (Å²) in [5.74, 6) is 0.287. The van der Waals surface area contributed by atoms with Crippen LogP contribution in [0.5, 0.6) is 0 Å². The van der Waals surface area contributed by atoms with Crippen molar-refractivity contribution >= 4 is 0 Å². The molecular weight excluding hydrogens is 188 g/mol. The Kier molecular flexibility index (Phi) is 2.42. The van der Waals surface area contributed by atoms with Crippen molar-refractivity contribution in [2.45, 2.75) is 45.3 Å². The summed E-state index contributed by atoms with van der Waals surface area (Å²) in [5.41, 5.74) is 1.23. The summed E-state index contributed by atoms with van der Waals surface area (Å²) in [6.07, 6.45) is 4.29. The SMILES string of the molecule is C=C(C)O[C@]12CCCC1(C(=C)C)CCO2. The predicted molar refractivity (Wildman–Crippen MR) is 60.3 cm³/mol. The molecule has 2 rings (SSSR count). The molecule has 2 atom stereocenters. The van der Waals surface area contributed by atoms with Crippen molar-refractivity contribution in [2.24, 2.45) is 5.41 Å². The first-order chi connectivity index (χ1) is 7.02. The zero-order valence-electron chi connectivity index (χ0n) is 9.77. The monoisotopic (exact) mass is 208 g/mol. The zero-order valence-corrected chi connectivity index (χ0v) is 9.77. The first kappa shape index (κ1) is 10.7. The van der Waals surface area contributed by atoms with Crippen LogP contribution in [0.2, 0.25) is 0 Å². The molecule has 2 fully saturated rings. The van der Waals surface area contributed by atoms with Gasteiger partial charge >= 0.3 is 0 Å². The topological polar surface area (TPSA) is 18.5 Å². The van der Waals surface area contributed by atoms with Gasteiger partial charge in [-0.15, -0.1) is 0 Å². The van der Waals surface area contributed by atoms with Gasteiger partial charge in [-0.25, -0.2) is 0 Å². The summed E-state index contributed by atoms with van der Waals surface area (Å²) in [6.45, 7) is 12.7. The second-order valence-corrected chi connectivity index (χ2v) is 4.87. The van der Waals surface area contributed by atoms with Crippen LogP contribution in [-0.2, 0) is 9.47 Å². The van der Waals surface area contributed by atoms with Gasteiger partial charge in [-0.1, -0.05) is 18.7 Å². The second-order valence-electron chi connectivity index (χ2n) is 4.87. The van der Waals surface area contributed by atoms with E-state index in [2.05, 4.69) is 20.1 Å². The fourth-order valence-corrected chi connectivity index (χ4v) is 3.18. The Morgan fingerprint density at radius 3 is 2.53 bits per heavy atom. The molecule has 1 unspecified atom stereocenters. The number of rotatable bonds is 3. The van der Waals surface area contributed by atoms with Crippen LogP contribution in [0.3, 0.4) is 0 Å². The van der Waals surface area contributed by atoms with Gasteiger partial charge in [-0.2, -0.15) is 0 Å². The minimum atomic E-state index is -0.454. The van der Waals surface area contributed by atoms with Crippen LogP contribution in [0, 0.1) is 5.41 Å². The van der Waals surface area contributed by atoms with Crippen LogP contribution in [0.25, 0.3) is 0 Å². The molecule has 1 heterocycles. The molecule has 1 aliphatic heterocycles. The van der Waals surface area contributed by atoms with E-state index < -0.39 is 5.79 Å². The lowest BCUT2D eigenvalue weighted by Crippen LogP contribution is -2.43. The lowest BCUT2D eigenvalue weighted by Gasteiger charge is -2.39. The van der Waals surface area contributed by atoms with Crippen molar-refractivity contribution in [3.8, 4) is 0 Å². The quantitative estimate of drug-likeness (QED) is 0.523. The summed E-state index contributed by atoms with van der Waals surface area (Å²) in [7, 11) is 0. The first-order valence-corrected chi connectivity index (χ1v) is 5.67. The lowest BCUT2D eigenvalue weighted by molar-refractivity contribution is -0.215. The summed E-state index contributed by atoms with van der Waals surface area (Å²) < 4.78 is 11.8. The number of hydrogen-bond acceptors (Lipinski definition) is 2. The van der Waals surface area contributed by atoms with Gasteiger partial charge in [0, 0.05) is 6.42 Å². The Labute approximate surface area is 92.0 Å². The van der Waals surface area contributed by atoms with Crippen LogP contribution in [0.4, 0.5) is 0 Å². The number of allylic oxidation sites excluding steroid dienone is 1. The van der Waals surface area contributed by atoms with Crippen molar-refractivity contribution in [2.75, 3.05) is 6.61 Å². The maximum atomic E-state index is 5.91. The molecule has 0 N–H and O–H groups in total. The maximum absolute atomic E-state index is 5.91. The maximum Gasteiger partial charge on any atom is 0.219 e. The lowest BCUT2D eigenvalue weighted by atomic mass is 9.75. The number of hydrogen-bond donors (Lipinski definition) is 0. The van der Waals surface area contributed by atoms with E-state index in [1.54, 1.807) is 0 Å². The van der Waals surface area contributed by atoms with Crippen molar-refractivity contribution in [3.63, 3.8) is 0 Å². The van der Waals surface area contributed by atoms with E-state index in [1.807, 2.05) is 6.92 Å². The highest BCUT2D eigenvalue weighted by Crippen LogP contribution is 2.59. The molecule has 15 heavy (non-hydrogen) atoms. The molecule has 0 bridgehead atoms. The fraction of sp³-hybridized carbons (Fsp3) is 0.692. The highest BCUT2D eigenvalue weighted by molar-refractivity contribution is 5.20. The molecule has 1 aliphatic carbocycles. The highest BCUT2D eigenvalue weighted by atomic mass is 16.7. The zero-order chi connectivity index (χ0) is 11.1. The summed E-state index contributed by atoms with van der Waals surface area (Å²) >= 11 is 0. The third-order valence-electron chi connectivity index (χ3n) is 3.86. The largest absolute Gasteiger partial charge is 0.467 e. The Balaban J connectivity index is 2.35. The van der Waals surface area contributed by atoms with Crippen LogP contribution in [0.15, 0.2) is 24.5 Å². The van der Waals surface area contributed by atoms with Crippen LogP contribution < -0.4 is 0 Å². The third-order valence-corrected chi connectivity index (χ3v) is 3.86. The van der Waals surface area contributed by atoms with Crippen molar-refractivity contribution in [1.82, 2.24) is 0 Å². The van der Waals surface area contributed by atoms with E-state index in [9.17, 15) is 0 Å². The fourth-order valence-electron chi connectivity index (χ4n) is 3.18. The van der Waals surface area contributed by atoms with Crippen molar-refractivity contribution in [3.05, 3.63) is 24.5 Å². The van der Waals surface area contributed by atoms with Crippen molar-refractivity contribution < 1.29 is 9.47 Å². The second kappa shape index (κ2) is 3.38. The van der Waals surface area contributed by atoms with E-state index in [0.29, 0.717) is 0 Å². The highest BCUT2D eigenvalue weighted by Gasteiger charge is 2.62. The van der Waals surface area contributed by atoms with E-state index in [-0.39, 0.29) is 5.41 Å². The summed E-state index contributed by atoms with van der Waals surface area (Å²) in [6, 6.07) is 0. The van der Waals surface area contributed by atoms with Gasteiger partial charge in [0.05, 0.1) is 17.8 Å². The van der Waals surface area contributed by atoms with E-state index in [0.717, 1.165) is 38.0 Å². The molecule has 0 amide bonds.